The molecule has 0 aliphatic heterocycles. The lowest BCUT2D eigenvalue weighted by Gasteiger charge is -2.12. The fourth-order valence-electron chi connectivity index (χ4n) is 4.22. The van der Waals surface area contributed by atoms with E-state index >= 15 is 0 Å². The van der Waals surface area contributed by atoms with E-state index in [-0.39, 0.29) is 23.3 Å². The number of carbonyl (C=O) groups excluding carboxylic acids is 3. The van der Waals surface area contributed by atoms with Crippen LogP contribution in [-0.4, -0.2) is 37.7 Å². The molecule has 0 aromatic heterocycles. The second-order valence-electron chi connectivity index (χ2n) is 10.1. The van der Waals surface area contributed by atoms with Gasteiger partial charge in [-0.25, -0.2) is 14.4 Å². The van der Waals surface area contributed by atoms with Gasteiger partial charge in [-0.1, -0.05) is 111 Å². The first kappa shape index (κ1) is 33.7. The van der Waals surface area contributed by atoms with Gasteiger partial charge in [-0.05, 0) is 37.5 Å². The highest BCUT2D eigenvalue weighted by Gasteiger charge is 2.22. The van der Waals surface area contributed by atoms with Crippen LogP contribution in [0.3, 0.4) is 0 Å². The molecular weight excluding hydrogens is 480 g/mol. The van der Waals surface area contributed by atoms with Crippen LogP contribution in [0.25, 0.3) is 0 Å². The van der Waals surface area contributed by atoms with E-state index < -0.39 is 17.9 Å². The van der Waals surface area contributed by atoms with Crippen LogP contribution in [0, 0.1) is 0 Å². The van der Waals surface area contributed by atoms with Gasteiger partial charge in [-0.2, -0.15) is 0 Å². The average molecular weight is 533 g/mol. The Morgan fingerprint density at radius 1 is 0.474 bits per heavy atom. The first-order valence-electron chi connectivity index (χ1n) is 15.2. The highest BCUT2D eigenvalue weighted by Crippen LogP contribution is 2.18. The molecule has 0 radical (unpaired) electrons. The number of hydrogen-bond acceptors (Lipinski definition) is 6. The number of hydrogen-bond donors (Lipinski definition) is 0. The third kappa shape index (κ3) is 15.1. The molecule has 0 heterocycles. The summed E-state index contributed by atoms with van der Waals surface area (Å²) in [6.07, 6.45) is 18.3. The minimum absolute atomic E-state index is 0.0555. The number of rotatable bonds is 23. The van der Waals surface area contributed by atoms with Crippen LogP contribution in [0.1, 0.15) is 161 Å². The van der Waals surface area contributed by atoms with Crippen molar-refractivity contribution >= 4 is 17.9 Å². The van der Waals surface area contributed by atoms with E-state index in [1.807, 2.05) is 0 Å². The Balaban J connectivity index is 2.72. The highest BCUT2D eigenvalue weighted by molar-refractivity contribution is 6.05. The van der Waals surface area contributed by atoms with Crippen molar-refractivity contribution in [1.82, 2.24) is 0 Å². The van der Waals surface area contributed by atoms with Gasteiger partial charge in [-0.15, -0.1) is 0 Å². The molecule has 0 unspecified atom stereocenters. The van der Waals surface area contributed by atoms with E-state index in [2.05, 4.69) is 20.8 Å². The summed E-state index contributed by atoms with van der Waals surface area (Å²) >= 11 is 0. The third-order valence-electron chi connectivity index (χ3n) is 6.64. The SMILES string of the molecule is CCCCCCCCCOC(=O)c1ccc(C(=O)OCCCCCCC)c(C(=O)OCCCCCCC)c1. The zero-order valence-electron chi connectivity index (χ0n) is 24.3. The maximum atomic E-state index is 12.9. The Labute approximate surface area is 231 Å². The van der Waals surface area contributed by atoms with E-state index in [1.165, 1.54) is 50.3 Å². The molecule has 0 fully saturated rings. The predicted octanol–water partition coefficient (Wildman–Crippen LogP) is 8.85. The minimum atomic E-state index is -0.614. The van der Waals surface area contributed by atoms with Gasteiger partial charge in [0.2, 0.25) is 0 Å². The van der Waals surface area contributed by atoms with Gasteiger partial charge in [0.05, 0.1) is 36.5 Å². The second-order valence-corrected chi connectivity index (χ2v) is 10.1. The minimum Gasteiger partial charge on any atom is -0.462 e. The van der Waals surface area contributed by atoms with E-state index in [9.17, 15) is 14.4 Å². The molecule has 0 atom stereocenters. The summed E-state index contributed by atoms with van der Waals surface area (Å²) in [5.41, 5.74) is 0.414. The Bertz CT molecular complexity index is 788. The lowest BCUT2D eigenvalue weighted by Crippen LogP contribution is -2.17. The maximum Gasteiger partial charge on any atom is 0.339 e. The summed E-state index contributed by atoms with van der Waals surface area (Å²) in [6, 6.07) is 4.40. The summed E-state index contributed by atoms with van der Waals surface area (Å²) in [5.74, 6) is -1.68. The quantitative estimate of drug-likeness (QED) is 0.0795. The fraction of sp³-hybridized carbons (Fsp3) is 0.719. The van der Waals surface area contributed by atoms with Crippen LogP contribution in [0.2, 0.25) is 0 Å². The molecule has 1 rings (SSSR count). The zero-order chi connectivity index (χ0) is 27.8. The summed E-state index contributed by atoms with van der Waals surface area (Å²) in [5, 5.41) is 0. The number of esters is 3. The molecule has 0 bridgehead atoms. The first-order chi connectivity index (χ1) is 18.5. The van der Waals surface area contributed by atoms with E-state index in [1.54, 1.807) is 0 Å². The molecule has 0 aliphatic carbocycles. The van der Waals surface area contributed by atoms with Crippen LogP contribution >= 0.6 is 0 Å². The lowest BCUT2D eigenvalue weighted by atomic mass is 10.0. The van der Waals surface area contributed by atoms with Gasteiger partial charge in [0.25, 0.3) is 0 Å². The van der Waals surface area contributed by atoms with E-state index in [0.717, 1.165) is 77.0 Å². The van der Waals surface area contributed by atoms with Crippen LogP contribution in [0.4, 0.5) is 0 Å². The molecule has 216 valence electrons. The van der Waals surface area contributed by atoms with E-state index in [0.29, 0.717) is 13.2 Å². The Morgan fingerprint density at radius 3 is 1.29 bits per heavy atom. The molecule has 6 heteroatoms. The van der Waals surface area contributed by atoms with Crippen molar-refractivity contribution in [2.75, 3.05) is 19.8 Å². The van der Waals surface area contributed by atoms with Gasteiger partial charge in [-0.3, -0.25) is 0 Å². The Morgan fingerprint density at radius 2 is 0.842 bits per heavy atom. The van der Waals surface area contributed by atoms with Crippen molar-refractivity contribution in [3.63, 3.8) is 0 Å². The smallest absolute Gasteiger partial charge is 0.339 e. The first-order valence-corrected chi connectivity index (χ1v) is 15.2. The number of benzene rings is 1. The molecule has 1 aromatic carbocycles. The van der Waals surface area contributed by atoms with Crippen molar-refractivity contribution in [3.8, 4) is 0 Å². The van der Waals surface area contributed by atoms with Gasteiger partial charge >= 0.3 is 17.9 Å². The topological polar surface area (TPSA) is 78.9 Å². The van der Waals surface area contributed by atoms with E-state index in [4.69, 9.17) is 14.2 Å². The monoisotopic (exact) mass is 532 g/mol. The van der Waals surface area contributed by atoms with Crippen molar-refractivity contribution in [2.45, 2.75) is 130 Å². The van der Waals surface area contributed by atoms with Crippen molar-refractivity contribution in [2.24, 2.45) is 0 Å². The molecule has 0 saturated carbocycles. The second kappa shape index (κ2) is 22.6. The van der Waals surface area contributed by atoms with Crippen LogP contribution in [-0.2, 0) is 14.2 Å². The predicted molar refractivity (Wildman–Crippen MR) is 153 cm³/mol. The molecule has 0 saturated heterocycles. The van der Waals surface area contributed by atoms with Gasteiger partial charge in [0.15, 0.2) is 0 Å². The lowest BCUT2D eigenvalue weighted by molar-refractivity contribution is 0.0448. The van der Waals surface area contributed by atoms with Gasteiger partial charge < -0.3 is 14.2 Å². The number of carbonyl (C=O) groups is 3. The molecule has 0 N–H and O–H groups in total. The highest BCUT2D eigenvalue weighted by atomic mass is 16.5. The summed E-state index contributed by atoms with van der Waals surface area (Å²) in [4.78, 5) is 38.3. The fourth-order valence-corrected chi connectivity index (χ4v) is 4.22. The summed E-state index contributed by atoms with van der Waals surface area (Å²) in [7, 11) is 0. The normalized spacial score (nSPS) is 10.8. The third-order valence-corrected chi connectivity index (χ3v) is 6.64. The standard InChI is InChI=1S/C32H52O6/c1-4-7-10-13-14-17-20-23-36-30(33)27-21-22-28(31(34)37-24-18-15-11-8-5-2)29(26-27)32(35)38-25-19-16-12-9-6-3/h21-22,26H,4-20,23-25H2,1-3H3. The van der Waals surface area contributed by atoms with Crippen LogP contribution in [0.15, 0.2) is 18.2 Å². The number of ether oxygens (including phenoxy) is 3. The van der Waals surface area contributed by atoms with Crippen molar-refractivity contribution in [3.05, 3.63) is 34.9 Å². The van der Waals surface area contributed by atoms with Crippen molar-refractivity contribution < 1.29 is 28.6 Å². The largest absolute Gasteiger partial charge is 0.462 e. The molecule has 6 nitrogen and oxygen atoms in total. The molecule has 38 heavy (non-hydrogen) atoms. The Kier molecular flexibility index (Phi) is 20.0. The Hall–Kier alpha value is -2.37. The maximum absolute atomic E-state index is 12.9. The van der Waals surface area contributed by atoms with Crippen LogP contribution in [0.5, 0.6) is 0 Å². The zero-order valence-corrected chi connectivity index (χ0v) is 24.3. The number of unbranched alkanes of at least 4 members (excludes halogenated alkanes) is 14. The summed E-state index contributed by atoms with van der Waals surface area (Å²) < 4.78 is 16.3. The summed E-state index contributed by atoms with van der Waals surface area (Å²) in [6.45, 7) is 7.42. The van der Waals surface area contributed by atoms with Crippen molar-refractivity contribution in [1.29, 1.82) is 0 Å². The average Bonchev–Trinajstić information content (AvgIpc) is 2.93. The molecular formula is C32H52O6. The van der Waals surface area contributed by atoms with Crippen LogP contribution < -0.4 is 0 Å². The van der Waals surface area contributed by atoms with Gasteiger partial charge in [0, 0.05) is 0 Å². The molecule has 0 spiro atoms. The molecule has 1 aromatic rings. The van der Waals surface area contributed by atoms with Gasteiger partial charge in [0.1, 0.15) is 0 Å². The molecule has 0 aliphatic rings. The molecule has 0 amide bonds.